The van der Waals surface area contributed by atoms with Crippen LogP contribution in [-0.2, 0) is 12.8 Å². The molecule has 1 aliphatic rings. The normalized spacial score (nSPS) is 12.9. The molecule has 0 spiro atoms. The van der Waals surface area contributed by atoms with Crippen LogP contribution in [0.2, 0.25) is 0 Å². The van der Waals surface area contributed by atoms with Crippen LogP contribution in [0.5, 0.6) is 0 Å². The van der Waals surface area contributed by atoms with Crippen LogP contribution in [0.3, 0.4) is 0 Å². The zero-order valence-electron chi connectivity index (χ0n) is 15.4. The van der Waals surface area contributed by atoms with Crippen molar-refractivity contribution in [1.82, 2.24) is 9.97 Å². The van der Waals surface area contributed by atoms with Gasteiger partial charge in [0.2, 0.25) is 0 Å². The highest BCUT2D eigenvalue weighted by molar-refractivity contribution is 5.92. The van der Waals surface area contributed by atoms with E-state index >= 15 is 0 Å². The number of nitrogens with one attached hydrogen (secondary N) is 1. The first-order chi connectivity index (χ1) is 13.3. The third kappa shape index (κ3) is 3.06. The molecule has 0 radical (unpaired) electrons. The predicted octanol–water partition coefficient (Wildman–Crippen LogP) is 5.84. The Hall–Kier alpha value is -3.20. The molecule has 1 heterocycles. The highest BCUT2D eigenvalue weighted by Gasteiger charge is 2.13. The number of benzene rings is 3. The molecule has 0 unspecified atom stereocenters. The molecule has 5 rings (SSSR count). The SMILES string of the molecule is Cc1cccc(-c2nc(Nc3ccc4c(c3)CCC4)c3ccccc3n2)c1. The van der Waals surface area contributed by atoms with E-state index in [1.807, 2.05) is 18.2 Å². The van der Waals surface area contributed by atoms with Gasteiger partial charge in [-0.2, -0.15) is 0 Å². The lowest BCUT2D eigenvalue weighted by Crippen LogP contribution is -2.00. The smallest absolute Gasteiger partial charge is 0.162 e. The third-order valence-electron chi connectivity index (χ3n) is 5.24. The molecule has 0 aliphatic heterocycles. The molecule has 0 amide bonds. The van der Waals surface area contributed by atoms with Crippen molar-refractivity contribution in [2.45, 2.75) is 26.2 Å². The molecule has 0 atom stereocenters. The largest absolute Gasteiger partial charge is 0.340 e. The molecule has 27 heavy (non-hydrogen) atoms. The van der Waals surface area contributed by atoms with Gasteiger partial charge in [-0.25, -0.2) is 9.97 Å². The van der Waals surface area contributed by atoms with Crippen molar-refractivity contribution in [1.29, 1.82) is 0 Å². The Kier molecular flexibility index (Phi) is 3.86. The van der Waals surface area contributed by atoms with Gasteiger partial charge in [0.15, 0.2) is 5.82 Å². The molecule has 3 nitrogen and oxygen atoms in total. The molecular weight excluding hydrogens is 330 g/mol. The van der Waals surface area contributed by atoms with E-state index in [2.05, 4.69) is 60.8 Å². The molecule has 0 saturated carbocycles. The minimum atomic E-state index is 0.751. The molecule has 0 bridgehead atoms. The lowest BCUT2D eigenvalue weighted by atomic mass is 10.1. The van der Waals surface area contributed by atoms with Crippen LogP contribution in [0.25, 0.3) is 22.3 Å². The first-order valence-corrected chi connectivity index (χ1v) is 9.49. The quantitative estimate of drug-likeness (QED) is 0.504. The summed E-state index contributed by atoms with van der Waals surface area (Å²) in [6.45, 7) is 2.09. The molecule has 1 aliphatic carbocycles. The first kappa shape index (κ1) is 16.0. The zero-order chi connectivity index (χ0) is 18.2. The molecule has 0 fully saturated rings. The van der Waals surface area contributed by atoms with E-state index in [4.69, 9.17) is 9.97 Å². The Morgan fingerprint density at radius 1 is 0.815 bits per heavy atom. The topological polar surface area (TPSA) is 37.8 Å². The number of hydrogen-bond acceptors (Lipinski definition) is 3. The summed E-state index contributed by atoms with van der Waals surface area (Å²) in [6.07, 6.45) is 3.63. The lowest BCUT2D eigenvalue weighted by Gasteiger charge is -2.12. The highest BCUT2D eigenvalue weighted by atomic mass is 15.0. The molecule has 1 N–H and O–H groups in total. The van der Waals surface area contributed by atoms with Gasteiger partial charge in [-0.1, -0.05) is 42.0 Å². The number of fused-ring (bicyclic) bond motifs is 2. The van der Waals surface area contributed by atoms with E-state index in [9.17, 15) is 0 Å². The Balaban J connectivity index is 1.62. The van der Waals surface area contributed by atoms with Crippen molar-refractivity contribution >= 4 is 22.4 Å². The number of para-hydroxylation sites is 1. The first-order valence-electron chi connectivity index (χ1n) is 9.49. The fraction of sp³-hybridized carbons (Fsp3) is 0.167. The van der Waals surface area contributed by atoms with Gasteiger partial charge in [0.05, 0.1) is 5.52 Å². The number of rotatable bonds is 3. The summed E-state index contributed by atoms with van der Waals surface area (Å²) in [5.41, 5.74) is 7.23. The van der Waals surface area contributed by atoms with Gasteiger partial charge >= 0.3 is 0 Å². The highest BCUT2D eigenvalue weighted by Crippen LogP contribution is 2.30. The van der Waals surface area contributed by atoms with Crippen molar-refractivity contribution in [2.75, 3.05) is 5.32 Å². The average Bonchev–Trinajstić information content (AvgIpc) is 3.16. The molecule has 0 saturated heterocycles. The van der Waals surface area contributed by atoms with E-state index in [1.54, 1.807) is 0 Å². The van der Waals surface area contributed by atoms with E-state index < -0.39 is 0 Å². The molecule has 3 aromatic carbocycles. The number of hydrogen-bond donors (Lipinski definition) is 1. The second kappa shape index (κ2) is 6.51. The maximum absolute atomic E-state index is 4.88. The second-order valence-corrected chi connectivity index (χ2v) is 7.24. The summed E-state index contributed by atoms with van der Waals surface area (Å²) in [5.74, 6) is 1.61. The summed E-state index contributed by atoms with van der Waals surface area (Å²) < 4.78 is 0. The van der Waals surface area contributed by atoms with Crippen LogP contribution in [0.1, 0.15) is 23.1 Å². The van der Waals surface area contributed by atoms with Gasteiger partial charge in [0, 0.05) is 16.6 Å². The van der Waals surface area contributed by atoms with E-state index in [1.165, 1.54) is 36.0 Å². The Bertz CT molecular complexity index is 1150. The molecular formula is C24H21N3. The maximum Gasteiger partial charge on any atom is 0.162 e. The number of aromatic nitrogens is 2. The fourth-order valence-electron chi connectivity index (χ4n) is 3.87. The zero-order valence-corrected chi connectivity index (χ0v) is 15.4. The minimum absolute atomic E-state index is 0.751. The minimum Gasteiger partial charge on any atom is -0.340 e. The summed E-state index contributed by atoms with van der Waals surface area (Å²) in [6, 6.07) is 23.2. The number of nitrogens with zero attached hydrogens (tertiary/aromatic N) is 2. The van der Waals surface area contributed by atoms with Gasteiger partial charge in [-0.15, -0.1) is 0 Å². The van der Waals surface area contributed by atoms with Crippen LogP contribution in [0, 0.1) is 6.92 Å². The molecule has 4 aromatic rings. The van der Waals surface area contributed by atoms with Gasteiger partial charge in [-0.05, 0) is 67.6 Å². The van der Waals surface area contributed by atoms with Crippen LogP contribution in [0.4, 0.5) is 11.5 Å². The molecule has 1 aromatic heterocycles. The number of anilines is 2. The Morgan fingerprint density at radius 3 is 2.63 bits per heavy atom. The van der Waals surface area contributed by atoms with Crippen LogP contribution >= 0.6 is 0 Å². The van der Waals surface area contributed by atoms with Crippen LogP contribution in [0.15, 0.2) is 66.7 Å². The van der Waals surface area contributed by atoms with Gasteiger partial charge in [0.1, 0.15) is 5.82 Å². The molecule has 3 heteroatoms. The summed E-state index contributed by atoms with van der Waals surface area (Å²) in [5, 5.41) is 4.59. The third-order valence-corrected chi connectivity index (χ3v) is 5.24. The average molecular weight is 351 g/mol. The van der Waals surface area contributed by atoms with Crippen molar-refractivity contribution in [3.63, 3.8) is 0 Å². The second-order valence-electron chi connectivity index (χ2n) is 7.24. The van der Waals surface area contributed by atoms with Gasteiger partial charge in [0.25, 0.3) is 0 Å². The van der Waals surface area contributed by atoms with Crippen molar-refractivity contribution in [3.05, 3.63) is 83.4 Å². The number of aryl methyl sites for hydroxylation is 3. The monoisotopic (exact) mass is 351 g/mol. The predicted molar refractivity (Wildman–Crippen MR) is 111 cm³/mol. The summed E-state index contributed by atoms with van der Waals surface area (Å²) in [4.78, 5) is 9.67. The summed E-state index contributed by atoms with van der Waals surface area (Å²) >= 11 is 0. The standard InChI is InChI=1S/C24H21N3/c1-16-6-4-9-19(14-16)23-26-22-11-3-2-10-21(22)24(27-23)25-20-13-12-17-7-5-8-18(17)15-20/h2-4,6,9-15H,5,7-8H2,1H3,(H,25,26,27). The summed E-state index contributed by atoms with van der Waals surface area (Å²) in [7, 11) is 0. The van der Waals surface area contributed by atoms with Crippen molar-refractivity contribution < 1.29 is 0 Å². The van der Waals surface area contributed by atoms with E-state index in [-0.39, 0.29) is 0 Å². The maximum atomic E-state index is 4.88. The van der Waals surface area contributed by atoms with Gasteiger partial charge in [-0.3, -0.25) is 0 Å². The fourth-order valence-corrected chi connectivity index (χ4v) is 3.87. The Morgan fingerprint density at radius 2 is 1.70 bits per heavy atom. The van der Waals surface area contributed by atoms with Crippen molar-refractivity contribution in [2.24, 2.45) is 0 Å². The van der Waals surface area contributed by atoms with E-state index in [0.717, 1.165) is 33.8 Å². The van der Waals surface area contributed by atoms with Crippen LogP contribution < -0.4 is 5.32 Å². The Labute approximate surface area is 159 Å². The van der Waals surface area contributed by atoms with Crippen LogP contribution in [-0.4, -0.2) is 9.97 Å². The lowest BCUT2D eigenvalue weighted by molar-refractivity contribution is 0.912. The molecule has 132 valence electrons. The van der Waals surface area contributed by atoms with Gasteiger partial charge < -0.3 is 5.32 Å². The van der Waals surface area contributed by atoms with E-state index in [0.29, 0.717) is 0 Å². The van der Waals surface area contributed by atoms with Crippen molar-refractivity contribution in [3.8, 4) is 11.4 Å².